The molecule has 2 rings (SSSR count). The first-order valence-electron chi connectivity index (χ1n) is 6.77. The van der Waals surface area contributed by atoms with Gasteiger partial charge in [-0.2, -0.15) is 0 Å². The largest absolute Gasteiger partial charge is 0.383 e. The molecule has 0 spiro atoms. The van der Waals surface area contributed by atoms with Crippen molar-refractivity contribution in [3.63, 3.8) is 0 Å². The lowest BCUT2D eigenvalue weighted by Crippen LogP contribution is -2.49. The van der Waals surface area contributed by atoms with Crippen molar-refractivity contribution in [3.8, 4) is 0 Å². The summed E-state index contributed by atoms with van der Waals surface area (Å²) in [5.41, 5.74) is 0.169. The minimum Gasteiger partial charge on any atom is -0.383 e. The molecule has 1 heterocycles. The fourth-order valence-electron chi connectivity index (χ4n) is 2.25. The molecular formula is C13H21N3O3S. The summed E-state index contributed by atoms with van der Waals surface area (Å²) in [7, 11) is -2.01. The highest BCUT2D eigenvalue weighted by Gasteiger charge is 2.38. The predicted octanol–water partition coefficient (Wildman–Crippen LogP) is 1.36. The Kier molecular flexibility index (Phi) is 4.62. The van der Waals surface area contributed by atoms with Gasteiger partial charge in [-0.05, 0) is 38.3 Å². The maximum Gasteiger partial charge on any atom is 0.260 e. The van der Waals surface area contributed by atoms with Gasteiger partial charge in [-0.1, -0.05) is 0 Å². The maximum atomic E-state index is 12.4. The third-order valence-electron chi connectivity index (χ3n) is 3.68. The first-order chi connectivity index (χ1) is 9.53. The van der Waals surface area contributed by atoms with Crippen LogP contribution in [0.3, 0.4) is 0 Å². The van der Waals surface area contributed by atoms with Gasteiger partial charge in [-0.3, -0.25) is 0 Å². The molecule has 1 aromatic rings. The number of hydrogen-bond acceptors (Lipinski definition) is 5. The minimum absolute atomic E-state index is 0.0347. The number of nitrogens with zero attached hydrogens (tertiary/aromatic N) is 1. The molecule has 0 bridgehead atoms. The van der Waals surface area contributed by atoms with Crippen LogP contribution in [-0.2, 0) is 14.8 Å². The Morgan fingerprint density at radius 3 is 2.75 bits per heavy atom. The zero-order valence-corrected chi connectivity index (χ0v) is 12.7. The van der Waals surface area contributed by atoms with Crippen molar-refractivity contribution < 1.29 is 13.2 Å². The average Bonchev–Trinajstić information content (AvgIpc) is 2.39. The topological polar surface area (TPSA) is 80.3 Å². The van der Waals surface area contributed by atoms with E-state index in [9.17, 15) is 8.42 Å². The van der Waals surface area contributed by atoms with E-state index in [1.807, 2.05) is 6.92 Å². The summed E-state index contributed by atoms with van der Waals surface area (Å²) in [5.74, 6) is 0. The van der Waals surface area contributed by atoms with Crippen LogP contribution in [0.2, 0.25) is 0 Å². The van der Waals surface area contributed by atoms with Gasteiger partial charge in [0.1, 0.15) is 0 Å². The standard InChI is InChI=1S/C13H21N3O3S/c1-3-14-11-6-4-9-15-12(11)20(17,18)16-10-13(19-2)7-5-8-13/h4,6,9,14,16H,3,5,7-8,10H2,1-2H3. The van der Waals surface area contributed by atoms with E-state index in [4.69, 9.17) is 4.74 Å². The maximum absolute atomic E-state index is 12.4. The molecule has 6 nitrogen and oxygen atoms in total. The second-order valence-corrected chi connectivity index (χ2v) is 6.63. The summed E-state index contributed by atoms with van der Waals surface area (Å²) < 4.78 is 32.8. The van der Waals surface area contributed by atoms with Crippen molar-refractivity contribution in [2.45, 2.75) is 36.8 Å². The lowest BCUT2D eigenvalue weighted by Gasteiger charge is -2.40. The second kappa shape index (κ2) is 6.07. The number of pyridine rings is 1. The lowest BCUT2D eigenvalue weighted by molar-refractivity contribution is -0.0659. The zero-order valence-electron chi connectivity index (χ0n) is 11.8. The molecule has 7 heteroatoms. The molecule has 0 saturated heterocycles. The molecule has 0 aromatic carbocycles. The van der Waals surface area contributed by atoms with Crippen LogP contribution >= 0.6 is 0 Å². The normalized spacial score (nSPS) is 17.5. The van der Waals surface area contributed by atoms with E-state index in [1.165, 1.54) is 6.20 Å². The number of ether oxygens (including phenoxy) is 1. The van der Waals surface area contributed by atoms with Gasteiger partial charge >= 0.3 is 0 Å². The van der Waals surface area contributed by atoms with E-state index < -0.39 is 10.0 Å². The van der Waals surface area contributed by atoms with Gasteiger partial charge < -0.3 is 10.1 Å². The van der Waals surface area contributed by atoms with Crippen molar-refractivity contribution >= 4 is 15.7 Å². The SMILES string of the molecule is CCNc1cccnc1S(=O)(=O)NCC1(OC)CCC1. The van der Waals surface area contributed by atoms with Crippen molar-refractivity contribution in [1.29, 1.82) is 0 Å². The molecular weight excluding hydrogens is 278 g/mol. The number of hydrogen-bond donors (Lipinski definition) is 2. The lowest BCUT2D eigenvalue weighted by atomic mass is 9.80. The molecule has 0 amide bonds. The van der Waals surface area contributed by atoms with E-state index in [0.29, 0.717) is 12.2 Å². The second-order valence-electron chi connectivity index (χ2n) is 4.95. The number of anilines is 1. The van der Waals surface area contributed by atoms with Crippen molar-refractivity contribution in [2.75, 3.05) is 25.5 Å². The van der Waals surface area contributed by atoms with Crippen LogP contribution in [0.15, 0.2) is 23.4 Å². The van der Waals surface area contributed by atoms with Gasteiger partial charge in [0.2, 0.25) is 0 Å². The first kappa shape index (κ1) is 15.2. The highest BCUT2D eigenvalue weighted by molar-refractivity contribution is 7.89. The summed E-state index contributed by atoms with van der Waals surface area (Å²) in [4.78, 5) is 3.99. The predicted molar refractivity (Wildman–Crippen MR) is 77.2 cm³/mol. The Bertz CT molecular complexity index is 550. The summed E-state index contributed by atoms with van der Waals surface area (Å²) in [5, 5.41) is 3.04. The molecule has 112 valence electrons. The number of nitrogens with one attached hydrogen (secondary N) is 2. The van der Waals surface area contributed by atoms with Gasteiger partial charge in [0.25, 0.3) is 10.0 Å². The molecule has 1 fully saturated rings. The van der Waals surface area contributed by atoms with Crippen LogP contribution in [0.25, 0.3) is 0 Å². The third kappa shape index (κ3) is 3.11. The van der Waals surface area contributed by atoms with Crippen LogP contribution in [-0.4, -0.2) is 39.2 Å². The zero-order chi connectivity index (χ0) is 14.6. The van der Waals surface area contributed by atoms with Crippen LogP contribution < -0.4 is 10.0 Å². The Labute approximate surface area is 120 Å². The summed E-state index contributed by atoms with van der Waals surface area (Å²) in [6.07, 6.45) is 4.31. The molecule has 1 aliphatic carbocycles. The average molecular weight is 299 g/mol. The Balaban J connectivity index is 2.14. The van der Waals surface area contributed by atoms with E-state index >= 15 is 0 Å². The van der Waals surface area contributed by atoms with Gasteiger partial charge in [0.05, 0.1) is 11.3 Å². The molecule has 0 unspecified atom stereocenters. The van der Waals surface area contributed by atoms with Crippen molar-refractivity contribution in [2.24, 2.45) is 0 Å². The van der Waals surface area contributed by atoms with E-state index in [1.54, 1.807) is 19.2 Å². The minimum atomic E-state index is -3.64. The van der Waals surface area contributed by atoms with E-state index in [-0.39, 0.29) is 17.2 Å². The monoisotopic (exact) mass is 299 g/mol. The highest BCUT2D eigenvalue weighted by atomic mass is 32.2. The molecule has 20 heavy (non-hydrogen) atoms. The smallest absolute Gasteiger partial charge is 0.260 e. The Morgan fingerprint density at radius 2 is 2.20 bits per heavy atom. The van der Waals surface area contributed by atoms with Gasteiger partial charge in [-0.15, -0.1) is 0 Å². The quantitative estimate of drug-likeness (QED) is 0.794. The number of methoxy groups -OCH3 is 1. The molecule has 0 radical (unpaired) electrons. The summed E-state index contributed by atoms with van der Waals surface area (Å²) >= 11 is 0. The number of aromatic nitrogens is 1. The highest BCUT2D eigenvalue weighted by Crippen LogP contribution is 2.34. The molecule has 1 saturated carbocycles. The first-order valence-corrected chi connectivity index (χ1v) is 8.25. The molecule has 2 N–H and O–H groups in total. The van der Waals surface area contributed by atoms with Crippen molar-refractivity contribution in [1.82, 2.24) is 9.71 Å². The molecule has 0 atom stereocenters. The third-order valence-corrected chi connectivity index (χ3v) is 5.03. The fourth-order valence-corrected chi connectivity index (χ4v) is 3.47. The fraction of sp³-hybridized carbons (Fsp3) is 0.615. The molecule has 1 aromatic heterocycles. The number of rotatable bonds is 7. The van der Waals surface area contributed by atoms with Crippen LogP contribution in [0.5, 0.6) is 0 Å². The molecule has 0 aliphatic heterocycles. The van der Waals surface area contributed by atoms with Gasteiger partial charge in [-0.25, -0.2) is 18.1 Å². The summed E-state index contributed by atoms with van der Waals surface area (Å²) in [6, 6.07) is 3.42. The summed E-state index contributed by atoms with van der Waals surface area (Å²) in [6.45, 7) is 2.83. The number of sulfonamides is 1. The Morgan fingerprint density at radius 1 is 1.45 bits per heavy atom. The van der Waals surface area contributed by atoms with E-state index in [2.05, 4.69) is 15.0 Å². The molecule has 1 aliphatic rings. The van der Waals surface area contributed by atoms with Crippen LogP contribution in [0, 0.1) is 0 Å². The van der Waals surface area contributed by atoms with Crippen molar-refractivity contribution in [3.05, 3.63) is 18.3 Å². The Hall–Kier alpha value is -1.18. The van der Waals surface area contributed by atoms with Gasteiger partial charge in [0.15, 0.2) is 5.03 Å². The van der Waals surface area contributed by atoms with Gasteiger partial charge in [0, 0.05) is 26.4 Å². The van der Waals surface area contributed by atoms with E-state index in [0.717, 1.165) is 19.3 Å². The van der Waals surface area contributed by atoms with Crippen LogP contribution in [0.4, 0.5) is 5.69 Å². The van der Waals surface area contributed by atoms with Crippen LogP contribution in [0.1, 0.15) is 26.2 Å².